The molecule has 1 saturated heterocycles. The minimum atomic E-state index is 0.667. The maximum atomic E-state index is 4.47. The Balaban J connectivity index is 1.64. The molecule has 1 aromatic heterocycles. The highest BCUT2D eigenvalue weighted by molar-refractivity contribution is 7.09. The lowest BCUT2D eigenvalue weighted by Gasteiger charge is -2.34. The van der Waals surface area contributed by atoms with E-state index in [0.29, 0.717) is 12.1 Å². The minimum Gasteiger partial charge on any atom is -0.312 e. The van der Waals surface area contributed by atoms with Crippen molar-refractivity contribution in [1.82, 2.24) is 15.2 Å². The summed E-state index contributed by atoms with van der Waals surface area (Å²) in [5.41, 5.74) is 0. The topological polar surface area (TPSA) is 28.2 Å². The predicted octanol–water partition coefficient (Wildman–Crippen LogP) is 3.28. The van der Waals surface area contributed by atoms with Crippen LogP contribution in [-0.2, 0) is 6.54 Å². The second-order valence-corrected chi connectivity index (χ2v) is 7.43. The normalized spacial score (nSPS) is 30.2. The van der Waals surface area contributed by atoms with Crippen molar-refractivity contribution in [3.05, 3.63) is 16.6 Å². The van der Waals surface area contributed by atoms with E-state index in [-0.39, 0.29) is 0 Å². The largest absolute Gasteiger partial charge is 0.312 e. The first-order valence-corrected chi connectivity index (χ1v) is 9.06. The van der Waals surface area contributed by atoms with Gasteiger partial charge in [0, 0.05) is 30.2 Å². The van der Waals surface area contributed by atoms with E-state index < -0.39 is 0 Å². The predicted molar refractivity (Wildman–Crippen MR) is 85.0 cm³/mol. The maximum absolute atomic E-state index is 4.47. The smallest absolute Gasteiger partial charge is 0.107 e. The number of thiazole rings is 1. The molecule has 1 aliphatic carbocycles. The summed E-state index contributed by atoms with van der Waals surface area (Å²) in [6.45, 7) is 5.78. The molecule has 1 saturated carbocycles. The highest BCUT2D eigenvalue weighted by atomic mass is 32.1. The van der Waals surface area contributed by atoms with E-state index >= 15 is 0 Å². The summed E-state index contributed by atoms with van der Waals surface area (Å²) in [6, 6.07) is 1.36. The first-order valence-electron chi connectivity index (χ1n) is 8.19. The van der Waals surface area contributed by atoms with Crippen molar-refractivity contribution in [3.8, 4) is 0 Å². The van der Waals surface area contributed by atoms with Gasteiger partial charge in [0.25, 0.3) is 0 Å². The van der Waals surface area contributed by atoms with Crippen molar-refractivity contribution in [2.24, 2.45) is 5.92 Å². The van der Waals surface area contributed by atoms with Crippen LogP contribution in [0.1, 0.15) is 50.5 Å². The van der Waals surface area contributed by atoms with Gasteiger partial charge in [-0.15, -0.1) is 11.3 Å². The molecular weight excluding hydrogens is 266 g/mol. The molecule has 0 aromatic carbocycles. The van der Waals surface area contributed by atoms with Crippen LogP contribution in [0.3, 0.4) is 0 Å². The third kappa shape index (κ3) is 3.60. The Morgan fingerprint density at radius 1 is 1.30 bits per heavy atom. The second-order valence-electron chi connectivity index (χ2n) is 6.45. The molecule has 3 nitrogen and oxygen atoms in total. The van der Waals surface area contributed by atoms with Gasteiger partial charge in [0.15, 0.2) is 0 Å². The Hall–Kier alpha value is -0.450. The molecular formula is C16H27N3S. The van der Waals surface area contributed by atoms with Crippen LogP contribution in [0, 0.1) is 5.92 Å². The zero-order valence-corrected chi connectivity index (χ0v) is 13.4. The molecule has 2 atom stereocenters. The van der Waals surface area contributed by atoms with Gasteiger partial charge in [0.1, 0.15) is 5.01 Å². The van der Waals surface area contributed by atoms with Crippen LogP contribution in [0.25, 0.3) is 0 Å². The number of nitrogens with zero attached hydrogens (tertiary/aromatic N) is 2. The van der Waals surface area contributed by atoms with Gasteiger partial charge >= 0.3 is 0 Å². The molecule has 4 heteroatoms. The highest BCUT2D eigenvalue weighted by Crippen LogP contribution is 2.28. The molecule has 3 rings (SSSR count). The Labute approximate surface area is 126 Å². The van der Waals surface area contributed by atoms with Gasteiger partial charge in [0.05, 0.1) is 6.54 Å². The average Bonchev–Trinajstić information content (AvgIpc) is 2.92. The summed E-state index contributed by atoms with van der Waals surface area (Å²) in [5.74, 6) is 0.896. The lowest BCUT2D eigenvalue weighted by Crippen LogP contribution is -2.44. The van der Waals surface area contributed by atoms with E-state index in [1.165, 1.54) is 56.6 Å². The van der Waals surface area contributed by atoms with E-state index in [0.717, 1.165) is 12.5 Å². The Morgan fingerprint density at radius 2 is 2.15 bits per heavy atom. The maximum Gasteiger partial charge on any atom is 0.107 e. The van der Waals surface area contributed by atoms with E-state index in [1.54, 1.807) is 11.3 Å². The van der Waals surface area contributed by atoms with Crippen molar-refractivity contribution in [1.29, 1.82) is 0 Å². The van der Waals surface area contributed by atoms with Crippen LogP contribution in [0.2, 0.25) is 0 Å². The van der Waals surface area contributed by atoms with E-state index in [9.17, 15) is 0 Å². The zero-order valence-electron chi connectivity index (χ0n) is 12.6. The van der Waals surface area contributed by atoms with Crippen molar-refractivity contribution >= 4 is 11.3 Å². The highest BCUT2D eigenvalue weighted by Gasteiger charge is 2.29. The summed E-state index contributed by atoms with van der Waals surface area (Å²) in [6.07, 6.45) is 10.4. The lowest BCUT2D eigenvalue weighted by molar-refractivity contribution is 0.165. The Kier molecular flexibility index (Phi) is 5.08. The molecule has 1 N–H and O–H groups in total. The molecule has 0 bridgehead atoms. The molecule has 20 heavy (non-hydrogen) atoms. The molecule has 1 aliphatic heterocycles. The summed E-state index contributed by atoms with van der Waals surface area (Å²) in [5, 5.41) is 7.19. The van der Waals surface area contributed by atoms with E-state index in [2.05, 4.69) is 27.5 Å². The quantitative estimate of drug-likeness (QED) is 0.927. The van der Waals surface area contributed by atoms with Crippen LogP contribution in [0.15, 0.2) is 11.6 Å². The number of hydrogen-bond acceptors (Lipinski definition) is 4. The molecule has 2 aliphatic rings. The monoisotopic (exact) mass is 293 g/mol. The van der Waals surface area contributed by atoms with Crippen molar-refractivity contribution in [3.63, 3.8) is 0 Å². The molecule has 1 aromatic rings. The molecule has 0 amide bonds. The standard InChI is InChI=1S/C16H27N3S/c1-13-7-8-17-15(14-5-3-2-4-6-14)11-19(13)12-16-18-9-10-20-16/h9-10,13-15,17H,2-8,11-12H2,1H3. The molecule has 0 spiro atoms. The lowest BCUT2D eigenvalue weighted by atomic mass is 9.83. The second kappa shape index (κ2) is 7.01. The molecule has 2 heterocycles. The fraction of sp³-hybridized carbons (Fsp3) is 0.812. The average molecular weight is 293 g/mol. The minimum absolute atomic E-state index is 0.667. The summed E-state index contributed by atoms with van der Waals surface area (Å²) in [4.78, 5) is 7.12. The number of aromatic nitrogens is 1. The number of nitrogens with one attached hydrogen (secondary N) is 1. The summed E-state index contributed by atoms with van der Waals surface area (Å²) in [7, 11) is 0. The van der Waals surface area contributed by atoms with Gasteiger partial charge in [-0.1, -0.05) is 19.3 Å². The van der Waals surface area contributed by atoms with Crippen LogP contribution < -0.4 is 5.32 Å². The molecule has 112 valence electrons. The first-order chi connectivity index (χ1) is 9.83. The van der Waals surface area contributed by atoms with Crippen LogP contribution in [-0.4, -0.2) is 35.1 Å². The molecule has 0 radical (unpaired) electrons. The van der Waals surface area contributed by atoms with Crippen molar-refractivity contribution < 1.29 is 0 Å². The molecule has 2 fully saturated rings. The van der Waals surface area contributed by atoms with Crippen LogP contribution in [0.5, 0.6) is 0 Å². The number of hydrogen-bond donors (Lipinski definition) is 1. The SMILES string of the molecule is CC1CCNC(C2CCCCC2)CN1Cc1nccs1. The Morgan fingerprint density at radius 3 is 2.90 bits per heavy atom. The summed E-state index contributed by atoms with van der Waals surface area (Å²) < 4.78 is 0. The van der Waals surface area contributed by atoms with Gasteiger partial charge < -0.3 is 5.32 Å². The van der Waals surface area contributed by atoms with E-state index in [1.807, 2.05) is 6.20 Å². The van der Waals surface area contributed by atoms with Crippen LogP contribution >= 0.6 is 11.3 Å². The molecule has 2 unspecified atom stereocenters. The number of rotatable bonds is 3. The fourth-order valence-electron chi connectivity index (χ4n) is 3.73. The third-order valence-corrected chi connectivity index (χ3v) is 5.83. The zero-order chi connectivity index (χ0) is 13.8. The van der Waals surface area contributed by atoms with Crippen LogP contribution in [0.4, 0.5) is 0 Å². The van der Waals surface area contributed by atoms with E-state index in [4.69, 9.17) is 0 Å². The third-order valence-electron chi connectivity index (χ3n) is 5.06. The van der Waals surface area contributed by atoms with Gasteiger partial charge in [-0.3, -0.25) is 4.90 Å². The van der Waals surface area contributed by atoms with Gasteiger partial charge in [-0.25, -0.2) is 4.98 Å². The van der Waals surface area contributed by atoms with Crippen molar-refractivity contribution in [2.75, 3.05) is 13.1 Å². The van der Waals surface area contributed by atoms with Gasteiger partial charge in [-0.05, 0) is 38.6 Å². The van der Waals surface area contributed by atoms with Gasteiger partial charge in [-0.2, -0.15) is 0 Å². The van der Waals surface area contributed by atoms with Gasteiger partial charge in [0.2, 0.25) is 0 Å². The summed E-state index contributed by atoms with van der Waals surface area (Å²) >= 11 is 1.79. The Bertz CT molecular complexity index is 386. The van der Waals surface area contributed by atoms with Crippen molar-refractivity contribution in [2.45, 2.75) is 64.1 Å². The fourth-order valence-corrected chi connectivity index (χ4v) is 4.38. The first kappa shape index (κ1) is 14.5.